The molecule has 1 aliphatic rings. The largest absolute Gasteiger partial charge is 0.507 e. The predicted molar refractivity (Wildman–Crippen MR) is 108 cm³/mol. The lowest BCUT2D eigenvalue weighted by Crippen LogP contribution is -2.54. The molecule has 9 heteroatoms. The monoisotopic (exact) mass is 470 g/mol. The molecule has 2 aromatic carbocycles. The second-order valence-electron chi connectivity index (χ2n) is 5.24. The maximum atomic E-state index is 12.9. The number of benzene rings is 2. The highest BCUT2D eigenvalue weighted by Crippen LogP contribution is 2.34. The van der Waals surface area contributed by atoms with Crippen molar-refractivity contribution in [1.82, 2.24) is 5.32 Å². The van der Waals surface area contributed by atoms with Gasteiger partial charge in [0, 0.05) is 0 Å². The van der Waals surface area contributed by atoms with Crippen molar-refractivity contribution < 1.29 is 14.7 Å². The normalized spacial score (nSPS) is 16.2. The van der Waals surface area contributed by atoms with Crippen LogP contribution in [0.5, 0.6) is 5.75 Å². The van der Waals surface area contributed by atoms with Crippen LogP contribution in [0.25, 0.3) is 6.08 Å². The lowest BCUT2D eigenvalue weighted by molar-refractivity contribution is -0.122. The Morgan fingerprint density at radius 3 is 2.62 bits per heavy atom. The fourth-order valence-electron chi connectivity index (χ4n) is 2.32. The molecule has 2 aromatic rings. The molecule has 2 N–H and O–H groups in total. The summed E-state index contributed by atoms with van der Waals surface area (Å²) in [6, 6.07) is 9.36. The summed E-state index contributed by atoms with van der Waals surface area (Å²) in [7, 11) is 0. The molecule has 5 nitrogen and oxygen atoms in total. The average molecular weight is 472 g/mol. The van der Waals surface area contributed by atoms with Gasteiger partial charge in [0.2, 0.25) is 0 Å². The summed E-state index contributed by atoms with van der Waals surface area (Å²) in [5.74, 6) is -1.22. The number of thiocarbonyl (C=S) groups is 1. The molecule has 0 radical (unpaired) electrons. The van der Waals surface area contributed by atoms with E-state index in [1.807, 2.05) is 0 Å². The van der Waals surface area contributed by atoms with Gasteiger partial charge in [-0.2, -0.15) is 0 Å². The van der Waals surface area contributed by atoms with Gasteiger partial charge in [0.05, 0.1) is 20.2 Å². The molecular weight excluding hydrogens is 463 g/mol. The van der Waals surface area contributed by atoms with Crippen LogP contribution in [0.4, 0.5) is 5.69 Å². The van der Waals surface area contributed by atoms with Crippen molar-refractivity contribution in [2.45, 2.75) is 0 Å². The zero-order valence-electron chi connectivity index (χ0n) is 12.8. The number of nitrogens with zero attached hydrogens (tertiary/aromatic N) is 1. The Balaban J connectivity index is 2.07. The molecule has 0 spiro atoms. The lowest BCUT2D eigenvalue weighted by atomic mass is 10.1. The van der Waals surface area contributed by atoms with E-state index in [1.165, 1.54) is 12.1 Å². The highest BCUT2D eigenvalue weighted by Gasteiger charge is 2.35. The fourth-order valence-corrected chi connectivity index (χ4v) is 3.37. The van der Waals surface area contributed by atoms with Crippen LogP contribution in [0, 0.1) is 0 Å². The summed E-state index contributed by atoms with van der Waals surface area (Å²) in [4.78, 5) is 26.3. The summed E-state index contributed by atoms with van der Waals surface area (Å²) < 4.78 is 0.431. The number of nitrogens with one attached hydrogen (secondary N) is 1. The first-order valence-corrected chi connectivity index (χ1v) is 9.09. The van der Waals surface area contributed by atoms with Crippen molar-refractivity contribution in [1.29, 1.82) is 0 Å². The van der Waals surface area contributed by atoms with Crippen LogP contribution in [0.3, 0.4) is 0 Å². The number of carbonyl (C=O) groups is 2. The quantitative estimate of drug-likeness (QED) is 0.389. The van der Waals surface area contributed by atoms with Gasteiger partial charge in [-0.3, -0.25) is 19.8 Å². The minimum atomic E-state index is -0.632. The molecule has 0 atom stereocenters. The van der Waals surface area contributed by atoms with E-state index in [2.05, 4.69) is 21.2 Å². The van der Waals surface area contributed by atoms with Crippen LogP contribution < -0.4 is 10.2 Å². The van der Waals surface area contributed by atoms with Crippen LogP contribution >= 0.6 is 51.3 Å². The molecule has 1 saturated heterocycles. The summed E-state index contributed by atoms with van der Waals surface area (Å²) >= 11 is 20.5. The molecule has 132 valence electrons. The van der Waals surface area contributed by atoms with Crippen molar-refractivity contribution in [3.05, 3.63) is 62.1 Å². The number of anilines is 1. The molecule has 1 heterocycles. The third-order valence-electron chi connectivity index (χ3n) is 3.56. The summed E-state index contributed by atoms with van der Waals surface area (Å²) in [5, 5.41) is 12.3. The molecule has 3 rings (SSSR count). The van der Waals surface area contributed by atoms with Gasteiger partial charge in [0.25, 0.3) is 11.8 Å². The average Bonchev–Trinajstić information content (AvgIpc) is 2.58. The topological polar surface area (TPSA) is 69.6 Å². The Morgan fingerprint density at radius 1 is 1.19 bits per heavy atom. The van der Waals surface area contributed by atoms with Gasteiger partial charge in [0.15, 0.2) is 5.11 Å². The molecule has 0 aromatic heterocycles. The van der Waals surface area contributed by atoms with Crippen molar-refractivity contribution in [2.24, 2.45) is 0 Å². The second kappa shape index (κ2) is 7.36. The number of halogens is 3. The first-order valence-electron chi connectivity index (χ1n) is 7.13. The van der Waals surface area contributed by atoms with Crippen LogP contribution in [-0.4, -0.2) is 22.0 Å². The number of hydrogen-bond donors (Lipinski definition) is 2. The van der Waals surface area contributed by atoms with E-state index in [0.29, 0.717) is 10.0 Å². The van der Waals surface area contributed by atoms with E-state index in [1.54, 1.807) is 30.3 Å². The van der Waals surface area contributed by atoms with Gasteiger partial charge in [-0.05, 0) is 64.1 Å². The zero-order chi connectivity index (χ0) is 19.0. The Labute approximate surface area is 172 Å². The molecule has 1 fully saturated rings. The first-order chi connectivity index (χ1) is 12.3. The Morgan fingerprint density at radius 2 is 1.92 bits per heavy atom. The molecule has 0 bridgehead atoms. The lowest BCUT2D eigenvalue weighted by Gasteiger charge is -2.29. The standard InChI is InChI=1S/C17H9BrCl2N2O3S/c18-10-7-8(4-5-13(10)23)6-9-15(24)21-17(26)22(16(9)25)12-3-1-2-11(19)14(12)20/h1-7,23H,(H,21,24,26). The zero-order valence-corrected chi connectivity index (χ0v) is 16.7. The Bertz CT molecular complexity index is 994. The number of hydrogen-bond acceptors (Lipinski definition) is 4. The van der Waals surface area contributed by atoms with Gasteiger partial charge in [-0.1, -0.05) is 35.3 Å². The minimum absolute atomic E-state index is 0.0417. The van der Waals surface area contributed by atoms with Crippen LogP contribution in [0.15, 0.2) is 46.4 Å². The van der Waals surface area contributed by atoms with Crippen molar-refractivity contribution in [3.8, 4) is 5.75 Å². The number of carbonyl (C=O) groups excluding carboxylic acids is 2. The van der Waals surface area contributed by atoms with Gasteiger partial charge >= 0.3 is 0 Å². The molecule has 26 heavy (non-hydrogen) atoms. The number of aromatic hydroxyl groups is 1. The van der Waals surface area contributed by atoms with E-state index in [4.69, 9.17) is 35.4 Å². The van der Waals surface area contributed by atoms with Gasteiger partial charge in [-0.25, -0.2) is 0 Å². The highest BCUT2D eigenvalue weighted by molar-refractivity contribution is 9.10. The summed E-state index contributed by atoms with van der Waals surface area (Å²) in [6.07, 6.45) is 1.40. The van der Waals surface area contributed by atoms with Gasteiger partial charge < -0.3 is 5.11 Å². The number of phenols is 1. The van der Waals surface area contributed by atoms with Crippen LogP contribution in [0.2, 0.25) is 10.0 Å². The number of phenolic OH excluding ortho intramolecular Hbond substituents is 1. The van der Waals surface area contributed by atoms with E-state index < -0.39 is 11.8 Å². The maximum Gasteiger partial charge on any atom is 0.270 e. The summed E-state index contributed by atoms with van der Waals surface area (Å²) in [6.45, 7) is 0. The summed E-state index contributed by atoms with van der Waals surface area (Å²) in [5.41, 5.74) is 0.678. The fraction of sp³-hybridized carbons (Fsp3) is 0. The van der Waals surface area contributed by atoms with Crippen molar-refractivity contribution in [2.75, 3.05) is 4.90 Å². The van der Waals surface area contributed by atoms with E-state index >= 15 is 0 Å². The Hall–Kier alpha value is -1.93. The van der Waals surface area contributed by atoms with Crippen LogP contribution in [-0.2, 0) is 9.59 Å². The first kappa shape index (κ1) is 18.8. The molecule has 2 amide bonds. The second-order valence-corrected chi connectivity index (χ2v) is 7.27. The molecule has 0 unspecified atom stereocenters. The van der Waals surface area contributed by atoms with E-state index in [-0.39, 0.29) is 32.2 Å². The SMILES string of the molecule is O=C1NC(=S)N(c2cccc(Cl)c2Cl)C(=O)C1=Cc1ccc(O)c(Br)c1. The van der Waals surface area contributed by atoms with E-state index in [9.17, 15) is 14.7 Å². The minimum Gasteiger partial charge on any atom is -0.507 e. The number of amides is 2. The van der Waals surface area contributed by atoms with Crippen molar-refractivity contribution in [3.63, 3.8) is 0 Å². The molecule has 1 aliphatic heterocycles. The van der Waals surface area contributed by atoms with Crippen molar-refractivity contribution >= 4 is 80.0 Å². The third-order valence-corrected chi connectivity index (χ3v) is 5.29. The molecule has 0 saturated carbocycles. The third kappa shape index (κ3) is 3.48. The highest BCUT2D eigenvalue weighted by atomic mass is 79.9. The van der Waals surface area contributed by atoms with Crippen LogP contribution in [0.1, 0.15) is 5.56 Å². The Kier molecular flexibility index (Phi) is 5.34. The molecule has 0 aliphatic carbocycles. The number of rotatable bonds is 2. The van der Waals surface area contributed by atoms with Gasteiger partial charge in [-0.15, -0.1) is 0 Å². The van der Waals surface area contributed by atoms with E-state index in [0.717, 1.165) is 4.90 Å². The molecular formula is C17H9BrCl2N2O3S. The smallest absolute Gasteiger partial charge is 0.270 e. The maximum absolute atomic E-state index is 12.9. The predicted octanol–water partition coefficient (Wildman–Crippen LogP) is 4.29. The van der Waals surface area contributed by atoms with Gasteiger partial charge in [0.1, 0.15) is 11.3 Å².